The zero-order chi connectivity index (χ0) is 24.9. The van der Waals surface area contributed by atoms with Gasteiger partial charge in [0.2, 0.25) is 0 Å². The minimum absolute atomic E-state index is 0.0334. The number of methoxy groups -OCH3 is 1. The van der Waals surface area contributed by atoms with Gasteiger partial charge in [0.05, 0.1) is 28.9 Å². The Kier molecular flexibility index (Phi) is 5.70. The van der Waals surface area contributed by atoms with E-state index in [2.05, 4.69) is 4.98 Å². The van der Waals surface area contributed by atoms with E-state index >= 15 is 0 Å². The number of carbonyl (C=O) groups excluding carboxylic acids is 2. The maximum atomic E-state index is 13.3. The summed E-state index contributed by atoms with van der Waals surface area (Å²) in [5.74, 6) is -1.28. The number of aliphatic hydroxyl groups excluding tert-OH is 1. The van der Waals surface area contributed by atoms with Gasteiger partial charge in [0.25, 0.3) is 5.78 Å². The van der Waals surface area contributed by atoms with Crippen LogP contribution >= 0.6 is 22.9 Å². The van der Waals surface area contributed by atoms with Crippen LogP contribution in [0.4, 0.5) is 5.13 Å². The minimum atomic E-state index is -0.950. The van der Waals surface area contributed by atoms with Crippen molar-refractivity contribution in [2.24, 2.45) is 0 Å². The molecular formula is C26H19ClN2O5S. The Morgan fingerprint density at radius 1 is 1.09 bits per heavy atom. The third-order valence-corrected chi connectivity index (χ3v) is 7.12. The minimum Gasteiger partial charge on any atom is -0.508 e. The topological polar surface area (TPSA) is 100.0 Å². The largest absolute Gasteiger partial charge is 0.508 e. The van der Waals surface area contributed by atoms with E-state index in [0.29, 0.717) is 32.5 Å². The van der Waals surface area contributed by atoms with E-state index in [1.165, 1.54) is 28.4 Å². The number of phenols is 1. The fraction of sp³-hybridized carbons (Fsp3) is 0.115. The van der Waals surface area contributed by atoms with Crippen molar-refractivity contribution >= 4 is 55.7 Å². The van der Waals surface area contributed by atoms with Gasteiger partial charge in [-0.05, 0) is 66.6 Å². The third-order valence-electron chi connectivity index (χ3n) is 5.87. The molecule has 1 aromatic heterocycles. The van der Waals surface area contributed by atoms with E-state index in [4.69, 9.17) is 16.3 Å². The first-order chi connectivity index (χ1) is 16.8. The molecule has 0 aliphatic carbocycles. The molecule has 1 aliphatic heterocycles. The molecule has 35 heavy (non-hydrogen) atoms. The molecule has 1 aliphatic rings. The lowest BCUT2D eigenvalue weighted by molar-refractivity contribution is -0.132. The maximum Gasteiger partial charge on any atom is 0.301 e. The van der Waals surface area contributed by atoms with Gasteiger partial charge in [-0.1, -0.05) is 35.1 Å². The molecule has 0 spiro atoms. The molecule has 2 heterocycles. The SMILES string of the molecule is COc1ccc(/C(O)=C2\C(=O)C(=O)N(c3nc4ccc(Cl)cc4s3)C2c2ccc(O)cc2)cc1C. The number of nitrogens with zero attached hydrogens (tertiary/aromatic N) is 2. The zero-order valence-corrected chi connectivity index (χ0v) is 20.2. The number of aryl methyl sites for hydroxylation is 1. The van der Waals surface area contributed by atoms with Crippen LogP contribution in [0, 0.1) is 6.92 Å². The molecule has 5 rings (SSSR count). The molecule has 7 nitrogen and oxygen atoms in total. The van der Waals surface area contributed by atoms with Gasteiger partial charge in [0.1, 0.15) is 17.3 Å². The van der Waals surface area contributed by atoms with Crippen molar-refractivity contribution in [2.45, 2.75) is 13.0 Å². The highest BCUT2D eigenvalue weighted by atomic mass is 35.5. The molecule has 3 aromatic carbocycles. The summed E-state index contributed by atoms with van der Waals surface area (Å²) in [4.78, 5) is 32.5. The zero-order valence-electron chi connectivity index (χ0n) is 18.7. The number of benzene rings is 3. The van der Waals surface area contributed by atoms with Gasteiger partial charge in [0, 0.05) is 10.6 Å². The Hall–Kier alpha value is -3.88. The van der Waals surface area contributed by atoms with Crippen molar-refractivity contribution in [3.8, 4) is 11.5 Å². The van der Waals surface area contributed by atoms with Gasteiger partial charge in [-0.25, -0.2) is 4.98 Å². The quantitative estimate of drug-likeness (QED) is 0.212. The Balaban J connectivity index is 1.72. The predicted molar refractivity (Wildman–Crippen MR) is 135 cm³/mol. The molecule has 0 saturated carbocycles. The maximum absolute atomic E-state index is 13.3. The number of anilines is 1. The Labute approximate surface area is 209 Å². The van der Waals surface area contributed by atoms with Crippen molar-refractivity contribution in [1.29, 1.82) is 0 Å². The van der Waals surface area contributed by atoms with E-state index in [9.17, 15) is 19.8 Å². The second kappa shape index (κ2) is 8.72. The van der Waals surface area contributed by atoms with Crippen LogP contribution in [0.2, 0.25) is 5.02 Å². The second-order valence-electron chi connectivity index (χ2n) is 8.05. The second-order valence-corrected chi connectivity index (χ2v) is 9.50. The number of aliphatic hydroxyl groups is 1. The van der Waals surface area contributed by atoms with E-state index in [0.717, 1.165) is 10.3 Å². The molecule has 1 fully saturated rings. The lowest BCUT2D eigenvalue weighted by Crippen LogP contribution is -2.29. The molecular weight excluding hydrogens is 488 g/mol. The van der Waals surface area contributed by atoms with Crippen molar-refractivity contribution in [1.82, 2.24) is 4.98 Å². The van der Waals surface area contributed by atoms with Gasteiger partial charge < -0.3 is 14.9 Å². The summed E-state index contributed by atoms with van der Waals surface area (Å²) in [5, 5.41) is 21.9. The van der Waals surface area contributed by atoms with Gasteiger partial charge in [0.15, 0.2) is 5.13 Å². The third kappa shape index (κ3) is 3.90. The monoisotopic (exact) mass is 506 g/mol. The summed E-state index contributed by atoms with van der Waals surface area (Å²) in [6.45, 7) is 1.82. The van der Waals surface area contributed by atoms with Crippen molar-refractivity contribution in [2.75, 3.05) is 12.0 Å². The number of halogens is 1. The number of aromatic nitrogens is 1. The number of phenolic OH excluding ortho intramolecular Hbond substituents is 1. The average Bonchev–Trinajstić information content (AvgIpc) is 3.37. The number of thiazole rings is 1. The number of ether oxygens (including phenoxy) is 1. The normalized spacial score (nSPS) is 17.3. The van der Waals surface area contributed by atoms with E-state index in [1.54, 1.807) is 55.6 Å². The molecule has 9 heteroatoms. The number of carbonyl (C=O) groups is 2. The highest BCUT2D eigenvalue weighted by Gasteiger charge is 2.48. The van der Waals surface area contributed by atoms with Crippen molar-refractivity contribution in [3.63, 3.8) is 0 Å². The van der Waals surface area contributed by atoms with Gasteiger partial charge in [-0.2, -0.15) is 0 Å². The molecule has 176 valence electrons. The fourth-order valence-electron chi connectivity index (χ4n) is 4.17. The first kappa shape index (κ1) is 22.9. The molecule has 1 saturated heterocycles. The molecule has 0 bridgehead atoms. The molecule has 2 N–H and O–H groups in total. The Morgan fingerprint density at radius 3 is 2.51 bits per heavy atom. The van der Waals surface area contributed by atoms with E-state index in [1.807, 2.05) is 6.92 Å². The fourth-order valence-corrected chi connectivity index (χ4v) is 5.44. The summed E-state index contributed by atoms with van der Waals surface area (Å²) in [6, 6.07) is 15.4. The number of hydrogen-bond donors (Lipinski definition) is 2. The number of amides is 1. The van der Waals surface area contributed by atoms with E-state index in [-0.39, 0.29) is 17.1 Å². The molecule has 1 unspecified atom stereocenters. The predicted octanol–water partition coefficient (Wildman–Crippen LogP) is 5.60. The first-order valence-corrected chi connectivity index (χ1v) is 11.8. The van der Waals surface area contributed by atoms with Crippen LogP contribution in [-0.4, -0.2) is 34.0 Å². The van der Waals surface area contributed by atoms with Crippen LogP contribution in [0.15, 0.2) is 66.2 Å². The lowest BCUT2D eigenvalue weighted by atomic mass is 9.95. The Bertz CT molecular complexity index is 1530. The number of aromatic hydroxyl groups is 1. The molecule has 4 aromatic rings. The summed E-state index contributed by atoms with van der Waals surface area (Å²) in [5.41, 5.74) is 2.23. The van der Waals surface area contributed by atoms with Crippen LogP contribution in [0.5, 0.6) is 11.5 Å². The molecule has 0 radical (unpaired) electrons. The van der Waals surface area contributed by atoms with E-state index < -0.39 is 17.7 Å². The molecule has 1 amide bonds. The first-order valence-electron chi connectivity index (χ1n) is 10.6. The highest BCUT2D eigenvalue weighted by Crippen LogP contribution is 2.45. The number of hydrogen-bond acceptors (Lipinski definition) is 7. The Morgan fingerprint density at radius 2 is 1.83 bits per heavy atom. The lowest BCUT2D eigenvalue weighted by Gasteiger charge is -2.23. The number of ketones is 1. The summed E-state index contributed by atoms with van der Waals surface area (Å²) in [7, 11) is 1.55. The smallest absolute Gasteiger partial charge is 0.301 e. The summed E-state index contributed by atoms with van der Waals surface area (Å²) < 4.78 is 6.04. The van der Waals surface area contributed by atoms with Crippen LogP contribution in [-0.2, 0) is 9.59 Å². The summed E-state index contributed by atoms with van der Waals surface area (Å²) in [6.07, 6.45) is 0. The summed E-state index contributed by atoms with van der Waals surface area (Å²) >= 11 is 7.34. The standard InChI is InChI=1S/C26H19ClN2O5S/c1-13-11-15(5-10-19(13)34-2)23(31)21-22(14-3-7-17(30)8-4-14)29(25(33)24(21)32)26-28-18-9-6-16(27)12-20(18)35-26/h3-12,22,30-31H,1-2H3/b23-21+. The van der Waals surface area contributed by atoms with Crippen LogP contribution in [0.3, 0.4) is 0 Å². The molecule has 1 atom stereocenters. The van der Waals surface area contributed by atoms with Crippen molar-refractivity contribution in [3.05, 3.63) is 87.9 Å². The van der Waals surface area contributed by atoms with Crippen LogP contribution in [0.25, 0.3) is 16.0 Å². The van der Waals surface area contributed by atoms with Gasteiger partial charge >= 0.3 is 5.91 Å². The van der Waals surface area contributed by atoms with Gasteiger partial charge in [-0.3, -0.25) is 14.5 Å². The van der Waals surface area contributed by atoms with Crippen molar-refractivity contribution < 1.29 is 24.5 Å². The number of rotatable bonds is 4. The highest BCUT2D eigenvalue weighted by molar-refractivity contribution is 7.22. The average molecular weight is 507 g/mol. The van der Waals surface area contributed by atoms with Crippen LogP contribution in [0.1, 0.15) is 22.7 Å². The number of Topliss-reactive ketones (excluding diaryl/α,β-unsaturated/α-hetero) is 1. The van der Waals surface area contributed by atoms with Gasteiger partial charge in [-0.15, -0.1) is 0 Å². The van der Waals surface area contributed by atoms with Crippen LogP contribution < -0.4 is 9.64 Å². The number of fused-ring (bicyclic) bond motifs is 1.